The number of ether oxygens (including phenoxy) is 1. The Labute approximate surface area is 200 Å². The van der Waals surface area contributed by atoms with Crippen LogP contribution in [0, 0.1) is 0 Å². The fourth-order valence-corrected chi connectivity index (χ4v) is 5.02. The average molecular weight is 464 g/mol. The van der Waals surface area contributed by atoms with Crippen LogP contribution in [0.1, 0.15) is 78.3 Å². The molecule has 1 aromatic heterocycles. The van der Waals surface area contributed by atoms with Gasteiger partial charge in [-0.1, -0.05) is 18.2 Å². The number of aromatic nitrogens is 1. The van der Waals surface area contributed by atoms with Crippen LogP contribution in [0.25, 0.3) is 0 Å². The second kappa shape index (κ2) is 10.0. The van der Waals surface area contributed by atoms with Gasteiger partial charge in [-0.25, -0.2) is 4.98 Å². The van der Waals surface area contributed by atoms with Gasteiger partial charge in [0.15, 0.2) is 0 Å². The number of aryl methyl sites for hydroxylation is 2. The molecule has 2 aromatic rings. The van der Waals surface area contributed by atoms with Gasteiger partial charge in [-0.3, -0.25) is 9.59 Å². The van der Waals surface area contributed by atoms with E-state index >= 15 is 0 Å². The number of carbonyl (C=O) groups is 2. The minimum atomic E-state index is -0.946. The van der Waals surface area contributed by atoms with Crippen molar-refractivity contribution < 1.29 is 19.4 Å². The van der Waals surface area contributed by atoms with E-state index in [-0.39, 0.29) is 12.5 Å². The number of hydrogen-bond donors (Lipinski definition) is 3. The smallest absolute Gasteiger partial charge is 0.312 e. The summed E-state index contributed by atoms with van der Waals surface area (Å²) in [5.41, 5.74) is 5.70. The zero-order valence-corrected chi connectivity index (χ0v) is 19.6. The van der Waals surface area contributed by atoms with Crippen molar-refractivity contribution in [1.29, 1.82) is 0 Å². The van der Waals surface area contributed by atoms with Crippen LogP contribution in [0.15, 0.2) is 24.3 Å². The Morgan fingerprint density at radius 2 is 2.06 bits per heavy atom. The first-order valence-corrected chi connectivity index (χ1v) is 12.6. The lowest BCUT2D eigenvalue weighted by Gasteiger charge is -2.20. The van der Waals surface area contributed by atoms with Gasteiger partial charge < -0.3 is 20.5 Å². The molecule has 34 heavy (non-hydrogen) atoms. The predicted octanol–water partition coefficient (Wildman–Crippen LogP) is 3.95. The molecule has 0 radical (unpaired) electrons. The Hall–Kier alpha value is -3.09. The summed E-state index contributed by atoms with van der Waals surface area (Å²) in [6.07, 6.45) is 8.54. The standard InChI is InChI=1S/C27H33N3O4/c31-25(29-16-22(27(32)33)19-10-9-18-11-13-34-24(18)15-19)6-2-1-5-23-21(17-7-8-17)14-20-4-3-12-28-26(20)30-23/h9-10,14-15,17,22H,1-8,11-13,16H2,(H,28,30)(H,29,31)(H,32,33). The molecule has 0 spiro atoms. The maximum absolute atomic E-state index is 12.4. The third-order valence-corrected chi connectivity index (χ3v) is 7.14. The highest BCUT2D eigenvalue weighted by Crippen LogP contribution is 2.43. The van der Waals surface area contributed by atoms with Gasteiger partial charge in [0.05, 0.1) is 12.5 Å². The quantitative estimate of drug-likeness (QED) is 0.462. The maximum Gasteiger partial charge on any atom is 0.312 e. The van der Waals surface area contributed by atoms with Gasteiger partial charge in [0.2, 0.25) is 5.91 Å². The van der Waals surface area contributed by atoms with Crippen molar-refractivity contribution in [2.24, 2.45) is 0 Å². The minimum Gasteiger partial charge on any atom is -0.493 e. The summed E-state index contributed by atoms with van der Waals surface area (Å²) in [6.45, 7) is 1.70. The molecule has 2 aliphatic heterocycles. The van der Waals surface area contributed by atoms with Crippen molar-refractivity contribution in [2.45, 2.75) is 69.6 Å². The summed E-state index contributed by atoms with van der Waals surface area (Å²) in [4.78, 5) is 29.2. The average Bonchev–Trinajstić information content (AvgIpc) is 3.58. The van der Waals surface area contributed by atoms with E-state index in [1.54, 1.807) is 6.07 Å². The van der Waals surface area contributed by atoms with Crippen molar-refractivity contribution in [2.75, 3.05) is 25.0 Å². The topological polar surface area (TPSA) is 101 Å². The largest absolute Gasteiger partial charge is 0.493 e. The summed E-state index contributed by atoms with van der Waals surface area (Å²) in [6, 6.07) is 7.92. The predicted molar refractivity (Wildman–Crippen MR) is 130 cm³/mol. The van der Waals surface area contributed by atoms with Gasteiger partial charge in [0.25, 0.3) is 0 Å². The Kier molecular flexibility index (Phi) is 6.70. The molecule has 1 amide bonds. The van der Waals surface area contributed by atoms with E-state index in [0.717, 1.165) is 62.2 Å². The van der Waals surface area contributed by atoms with Crippen LogP contribution < -0.4 is 15.4 Å². The third kappa shape index (κ3) is 5.18. The number of pyridine rings is 1. The second-order valence-corrected chi connectivity index (χ2v) is 9.70. The Bertz CT molecular complexity index is 1080. The van der Waals surface area contributed by atoms with E-state index in [2.05, 4.69) is 16.7 Å². The first-order chi connectivity index (χ1) is 16.6. The Morgan fingerprint density at radius 3 is 2.88 bits per heavy atom. The molecule has 0 bridgehead atoms. The minimum absolute atomic E-state index is 0.0802. The van der Waals surface area contributed by atoms with E-state index in [0.29, 0.717) is 24.5 Å². The van der Waals surface area contributed by atoms with Gasteiger partial charge in [0, 0.05) is 31.6 Å². The molecule has 3 heterocycles. The van der Waals surface area contributed by atoms with E-state index in [9.17, 15) is 14.7 Å². The first-order valence-electron chi connectivity index (χ1n) is 12.6. The molecule has 1 unspecified atom stereocenters. The number of anilines is 1. The van der Waals surface area contributed by atoms with E-state index in [4.69, 9.17) is 9.72 Å². The Balaban J connectivity index is 1.11. The molecule has 3 aliphatic rings. The van der Waals surface area contributed by atoms with Crippen molar-refractivity contribution in [3.05, 3.63) is 52.2 Å². The van der Waals surface area contributed by atoms with E-state index in [1.165, 1.54) is 29.7 Å². The molecule has 7 heteroatoms. The highest BCUT2D eigenvalue weighted by atomic mass is 16.5. The fourth-order valence-electron chi connectivity index (χ4n) is 5.02. The lowest BCUT2D eigenvalue weighted by Crippen LogP contribution is -2.31. The molecule has 180 valence electrons. The Morgan fingerprint density at radius 1 is 1.18 bits per heavy atom. The third-order valence-electron chi connectivity index (χ3n) is 7.14. The molecular formula is C27H33N3O4. The van der Waals surface area contributed by atoms with Crippen LogP contribution in [0.4, 0.5) is 5.82 Å². The number of benzene rings is 1. The zero-order valence-electron chi connectivity index (χ0n) is 19.6. The number of rotatable bonds is 10. The summed E-state index contributed by atoms with van der Waals surface area (Å²) in [5.74, 6) is 0.623. The van der Waals surface area contributed by atoms with Gasteiger partial charge in [0.1, 0.15) is 11.6 Å². The number of nitrogens with one attached hydrogen (secondary N) is 2. The highest BCUT2D eigenvalue weighted by molar-refractivity contribution is 5.80. The van der Waals surface area contributed by atoms with Crippen molar-refractivity contribution >= 4 is 17.7 Å². The molecule has 1 atom stereocenters. The number of carboxylic acid groups (broad SMARTS) is 1. The van der Waals surface area contributed by atoms with Crippen LogP contribution in [0.2, 0.25) is 0 Å². The van der Waals surface area contributed by atoms with E-state index < -0.39 is 11.9 Å². The van der Waals surface area contributed by atoms with Gasteiger partial charge in [-0.15, -0.1) is 0 Å². The van der Waals surface area contributed by atoms with Crippen LogP contribution in [0.5, 0.6) is 5.75 Å². The molecule has 1 saturated carbocycles. The number of unbranched alkanes of at least 4 members (excludes halogenated alkanes) is 1. The number of aliphatic carboxylic acids is 1. The SMILES string of the molecule is O=C(CCCCc1nc2c(cc1C1CC1)CCCN2)NCC(C(=O)O)c1ccc2c(c1)OCC2. The van der Waals surface area contributed by atoms with Crippen LogP contribution >= 0.6 is 0 Å². The molecule has 1 aromatic carbocycles. The number of amides is 1. The first kappa shape index (κ1) is 22.7. The van der Waals surface area contributed by atoms with Gasteiger partial charge >= 0.3 is 5.97 Å². The molecule has 5 rings (SSSR count). The maximum atomic E-state index is 12.4. The number of carbonyl (C=O) groups excluding carboxylic acids is 1. The molecule has 0 saturated heterocycles. The van der Waals surface area contributed by atoms with Gasteiger partial charge in [-0.05, 0) is 79.2 Å². The number of hydrogen-bond acceptors (Lipinski definition) is 5. The summed E-state index contributed by atoms with van der Waals surface area (Å²) < 4.78 is 5.56. The van der Waals surface area contributed by atoms with E-state index in [1.807, 2.05) is 12.1 Å². The molecule has 7 nitrogen and oxygen atoms in total. The molecule has 1 fully saturated rings. The fraction of sp³-hybridized carbons (Fsp3) is 0.519. The van der Waals surface area contributed by atoms with Crippen LogP contribution in [0.3, 0.4) is 0 Å². The van der Waals surface area contributed by atoms with Crippen molar-refractivity contribution in [3.8, 4) is 5.75 Å². The highest BCUT2D eigenvalue weighted by Gasteiger charge is 2.28. The van der Waals surface area contributed by atoms with Crippen LogP contribution in [-0.4, -0.2) is 41.7 Å². The van der Waals surface area contributed by atoms with Gasteiger partial charge in [-0.2, -0.15) is 0 Å². The monoisotopic (exact) mass is 463 g/mol. The summed E-state index contributed by atoms with van der Waals surface area (Å²) in [5, 5.41) is 15.9. The molecule has 3 N–H and O–H groups in total. The molecular weight excluding hydrogens is 430 g/mol. The van der Waals surface area contributed by atoms with Crippen LogP contribution in [-0.2, 0) is 28.9 Å². The van der Waals surface area contributed by atoms with Crippen molar-refractivity contribution in [1.82, 2.24) is 10.3 Å². The molecule has 1 aliphatic carbocycles. The lowest BCUT2D eigenvalue weighted by atomic mass is 9.97. The summed E-state index contributed by atoms with van der Waals surface area (Å²) in [7, 11) is 0. The normalized spacial score (nSPS) is 17.2. The number of nitrogens with zero attached hydrogens (tertiary/aromatic N) is 1. The number of carboxylic acids is 1. The number of fused-ring (bicyclic) bond motifs is 2. The van der Waals surface area contributed by atoms with Crippen molar-refractivity contribution in [3.63, 3.8) is 0 Å². The lowest BCUT2D eigenvalue weighted by molar-refractivity contribution is -0.138. The second-order valence-electron chi connectivity index (χ2n) is 9.70. The zero-order chi connectivity index (χ0) is 23.5. The summed E-state index contributed by atoms with van der Waals surface area (Å²) >= 11 is 0.